The topological polar surface area (TPSA) is 82.5 Å². The number of piperidine rings is 1. The number of thiazole rings is 1. The van der Waals surface area contributed by atoms with E-state index in [1.54, 1.807) is 4.90 Å². The van der Waals surface area contributed by atoms with E-state index in [9.17, 15) is 9.59 Å². The Kier molecular flexibility index (Phi) is 4.82. The number of nitrogens with zero attached hydrogens (tertiary/aromatic N) is 2. The number of anilines is 1. The quantitative estimate of drug-likeness (QED) is 0.899. The van der Waals surface area contributed by atoms with Crippen LogP contribution >= 0.6 is 11.3 Å². The molecule has 1 aromatic rings. The van der Waals surface area contributed by atoms with E-state index in [4.69, 9.17) is 5.11 Å². The molecule has 0 aromatic carbocycles. The summed E-state index contributed by atoms with van der Waals surface area (Å²) in [5.41, 5.74) is 0.950. The largest absolute Gasteiger partial charge is 0.481 e. The minimum absolute atomic E-state index is 0.188. The van der Waals surface area contributed by atoms with Gasteiger partial charge < -0.3 is 10.0 Å². The zero-order valence-electron chi connectivity index (χ0n) is 12.5. The van der Waals surface area contributed by atoms with Gasteiger partial charge in [-0.2, -0.15) is 0 Å². The molecule has 1 aliphatic heterocycles. The zero-order valence-corrected chi connectivity index (χ0v) is 13.3. The zero-order chi connectivity index (χ0) is 15.6. The summed E-state index contributed by atoms with van der Waals surface area (Å²) in [4.78, 5) is 29.3. The molecule has 0 saturated carbocycles. The third kappa shape index (κ3) is 3.93. The summed E-state index contributed by atoms with van der Waals surface area (Å²) in [7, 11) is 0. The van der Waals surface area contributed by atoms with Crippen LogP contribution in [-0.2, 0) is 4.79 Å². The lowest BCUT2D eigenvalue weighted by molar-refractivity contribution is -0.143. The molecule has 0 spiro atoms. The van der Waals surface area contributed by atoms with E-state index in [2.05, 4.69) is 10.3 Å². The van der Waals surface area contributed by atoms with Gasteiger partial charge in [0.25, 0.3) is 0 Å². The molecule has 1 aromatic heterocycles. The van der Waals surface area contributed by atoms with Crippen LogP contribution in [0.1, 0.15) is 38.8 Å². The van der Waals surface area contributed by atoms with E-state index in [1.807, 2.05) is 26.2 Å². The molecular weight excluding hydrogens is 290 g/mol. The number of urea groups is 1. The molecular formula is C14H21N3O3S. The summed E-state index contributed by atoms with van der Waals surface area (Å²) in [6, 6.07) is -0.266. The van der Waals surface area contributed by atoms with Crippen LogP contribution < -0.4 is 5.32 Å². The number of amides is 2. The van der Waals surface area contributed by atoms with Crippen molar-refractivity contribution in [2.24, 2.45) is 11.8 Å². The summed E-state index contributed by atoms with van der Waals surface area (Å²) >= 11 is 1.39. The fraction of sp³-hybridized carbons (Fsp3) is 0.643. The maximum absolute atomic E-state index is 12.2. The monoisotopic (exact) mass is 311 g/mol. The Morgan fingerprint density at radius 2 is 2.19 bits per heavy atom. The molecule has 2 heterocycles. The lowest BCUT2D eigenvalue weighted by atomic mass is 9.91. The van der Waals surface area contributed by atoms with Crippen molar-refractivity contribution in [2.45, 2.75) is 33.1 Å². The SMILES string of the molecule is CC1CC(C(=O)O)CN(C(=O)Nc2nc(C(C)C)cs2)C1. The molecule has 6 nitrogen and oxygen atoms in total. The number of aromatic nitrogens is 1. The van der Waals surface area contributed by atoms with Crippen LogP contribution in [0.4, 0.5) is 9.93 Å². The second-order valence-electron chi connectivity index (χ2n) is 5.94. The summed E-state index contributed by atoms with van der Waals surface area (Å²) in [6.07, 6.45) is 0.619. The smallest absolute Gasteiger partial charge is 0.323 e. The van der Waals surface area contributed by atoms with Gasteiger partial charge in [-0.25, -0.2) is 9.78 Å². The number of hydrogen-bond donors (Lipinski definition) is 2. The van der Waals surface area contributed by atoms with Gasteiger partial charge in [0.1, 0.15) is 0 Å². The van der Waals surface area contributed by atoms with Gasteiger partial charge in [-0.05, 0) is 18.3 Å². The first kappa shape index (κ1) is 15.8. The Hall–Kier alpha value is -1.63. The number of carbonyl (C=O) groups is 2. The van der Waals surface area contributed by atoms with Crippen molar-refractivity contribution >= 4 is 28.5 Å². The van der Waals surface area contributed by atoms with E-state index < -0.39 is 11.9 Å². The van der Waals surface area contributed by atoms with Crippen LogP contribution in [0.2, 0.25) is 0 Å². The first-order valence-electron chi connectivity index (χ1n) is 7.11. The fourth-order valence-electron chi connectivity index (χ4n) is 2.48. The molecule has 2 rings (SSSR count). The first-order valence-corrected chi connectivity index (χ1v) is 7.99. The molecule has 1 fully saturated rings. The molecule has 21 heavy (non-hydrogen) atoms. The number of aliphatic carboxylic acids is 1. The van der Waals surface area contributed by atoms with E-state index >= 15 is 0 Å². The van der Waals surface area contributed by atoms with Crippen LogP contribution in [0.25, 0.3) is 0 Å². The Bertz CT molecular complexity index is 529. The Balaban J connectivity index is 2.00. The van der Waals surface area contributed by atoms with Crippen LogP contribution in [0.3, 0.4) is 0 Å². The number of likely N-dealkylation sites (tertiary alicyclic amines) is 1. The van der Waals surface area contributed by atoms with Crippen LogP contribution in [0.5, 0.6) is 0 Å². The molecule has 0 aliphatic carbocycles. The van der Waals surface area contributed by atoms with Crippen LogP contribution in [-0.4, -0.2) is 40.1 Å². The van der Waals surface area contributed by atoms with Gasteiger partial charge in [0.05, 0.1) is 11.6 Å². The van der Waals surface area contributed by atoms with E-state index in [-0.39, 0.29) is 18.5 Å². The van der Waals surface area contributed by atoms with Gasteiger partial charge >= 0.3 is 12.0 Å². The minimum atomic E-state index is -0.837. The number of carboxylic acid groups (broad SMARTS) is 1. The number of hydrogen-bond acceptors (Lipinski definition) is 4. The average Bonchev–Trinajstić information content (AvgIpc) is 2.86. The van der Waals surface area contributed by atoms with Gasteiger partial charge in [0.2, 0.25) is 0 Å². The molecule has 7 heteroatoms. The molecule has 0 radical (unpaired) electrons. The molecule has 0 bridgehead atoms. The van der Waals surface area contributed by atoms with Crippen molar-refractivity contribution in [3.8, 4) is 0 Å². The van der Waals surface area contributed by atoms with Crippen molar-refractivity contribution in [3.05, 3.63) is 11.1 Å². The number of carbonyl (C=O) groups excluding carboxylic acids is 1. The fourth-order valence-corrected chi connectivity index (χ4v) is 3.34. The third-order valence-corrected chi connectivity index (χ3v) is 4.40. The first-order chi connectivity index (χ1) is 9.86. The number of rotatable bonds is 3. The number of carboxylic acids is 1. The van der Waals surface area contributed by atoms with Crippen molar-refractivity contribution in [2.75, 3.05) is 18.4 Å². The highest BCUT2D eigenvalue weighted by Crippen LogP contribution is 2.24. The molecule has 2 N–H and O–H groups in total. The molecule has 1 aliphatic rings. The van der Waals surface area contributed by atoms with Crippen molar-refractivity contribution in [1.82, 2.24) is 9.88 Å². The maximum Gasteiger partial charge on any atom is 0.323 e. The van der Waals surface area contributed by atoms with Gasteiger partial charge in [-0.3, -0.25) is 10.1 Å². The van der Waals surface area contributed by atoms with E-state index in [0.717, 1.165) is 5.69 Å². The molecule has 2 unspecified atom stereocenters. The minimum Gasteiger partial charge on any atom is -0.481 e. The lowest BCUT2D eigenvalue weighted by Crippen LogP contribution is -2.47. The predicted octanol–water partition coefficient (Wildman–Crippen LogP) is 2.84. The second kappa shape index (κ2) is 6.43. The van der Waals surface area contributed by atoms with E-state index in [0.29, 0.717) is 24.0 Å². The van der Waals surface area contributed by atoms with Gasteiger partial charge in [-0.15, -0.1) is 11.3 Å². The maximum atomic E-state index is 12.2. The molecule has 1 saturated heterocycles. The highest BCUT2D eigenvalue weighted by molar-refractivity contribution is 7.13. The Morgan fingerprint density at radius 1 is 1.48 bits per heavy atom. The molecule has 2 amide bonds. The van der Waals surface area contributed by atoms with Gasteiger partial charge in [-0.1, -0.05) is 20.8 Å². The van der Waals surface area contributed by atoms with Crippen LogP contribution in [0.15, 0.2) is 5.38 Å². The summed E-state index contributed by atoms with van der Waals surface area (Å²) < 4.78 is 0. The summed E-state index contributed by atoms with van der Waals surface area (Å²) in [6.45, 7) is 6.90. The van der Waals surface area contributed by atoms with Crippen molar-refractivity contribution in [1.29, 1.82) is 0 Å². The summed E-state index contributed by atoms with van der Waals surface area (Å²) in [5.74, 6) is -0.816. The van der Waals surface area contributed by atoms with Gasteiger partial charge in [0.15, 0.2) is 5.13 Å². The predicted molar refractivity (Wildman–Crippen MR) is 81.7 cm³/mol. The van der Waals surface area contributed by atoms with E-state index in [1.165, 1.54) is 11.3 Å². The standard InChI is InChI=1S/C14H21N3O3S/c1-8(2)11-7-21-13(15-11)16-14(20)17-5-9(3)4-10(6-17)12(18)19/h7-10H,4-6H2,1-3H3,(H,18,19)(H,15,16,20). The summed E-state index contributed by atoms with van der Waals surface area (Å²) in [5, 5.41) is 14.4. The number of nitrogens with one attached hydrogen (secondary N) is 1. The normalized spacial score (nSPS) is 22.4. The van der Waals surface area contributed by atoms with Crippen molar-refractivity contribution < 1.29 is 14.7 Å². The highest BCUT2D eigenvalue weighted by Gasteiger charge is 2.32. The Morgan fingerprint density at radius 3 is 2.76 bits per heavy atom. The van der Waals surface area contributed by atoms with Gasteiger partial charge in [0, 0.05) is 18.5 Å². The molecule has 116 valence electrons. The second-order valence-corrected chi connectivity index (χ2v) is 6.80. The molecule has 2 atom stereocenters. The Labute approximate surface area is 128 Å². The highest BCUT2D eigenvalue weighted by atomic mass is 32.1. The van der Waals surface area contributed by atoms with Crippen LogP contribution in [0, 0.1) is 11.8 Å². The third-order valence-electron chi connectivity index (χ3n) is 3.62. The average molecular weight is 311 g/mol. The lowest BCUT2D eigenvalue weighted by Gasteiger charge is -2.34. The van der Waals surface area contributed by atoms with Crippen molar-refractivity contribution in [3.63, 3.8) is 0 Å².